The maximum absolute atomic E-state index is 6.52. The maximum atomic E-state index is 6.52. The van der Waals surface area contributed by atoms with Crippen LogP contribution in [0.25, 0.3) is 11.3 Å². The third kappa shape index (κ3) is 4.78. The molecule has 2 heterocycles. The number of hydrogen-bond donors (Lipinski definition) is 1. The van der Waals surface area contributed by atoms with Crippen LogP contribution in [0.15, 0.2) is 48.3 Å². The van der Waals surface area contributed by atoms with Gasteiger partial charge in [-0.1, -0.05) is 51.3 Å². The van der Waals surface area contributed by atoms with Crippen LogP contribution in [0, 0.1) is 6.92 Å². The van der Waals surface area contributed by atoms with Gasteiger partial charge in [0.15, 0.2) is 0 Å². The molecule has 2 aromatic rings. The number of nitrogens with zero attached hydrogens (tertiary/aromatic N) is 2. The molecule has 0 saturated heterocycles. The van der Waals surface area contributed by atoms with E-state index in [0.29, 0.717) is 11.7 Å². The van der Waals surface area contributed by atoms with Crippen LogP contribution < -0.4 is 5.73 Å². The summed E-state index contributed by atoms with van der Waals surface area (Å²) in [6.07, 6.45) is 12.3. The van der Waals surface area contributed by atoms with Gasteiger partial charge in [-0.2, -0.15) is 0 Å². The summed E-state index contributed by atoms with van der Waals surface area (Å²) in [5.41, 5.74) is 12.7. The van der Waals surface area contributed by atoms with Crippen LogP contribution in [0.4, 0.5) is 0 Å². The van der Waals surface area contributed by atoms with Gasteiger partial charge in [0.1, 0.15) is 5.15 Å². The van der Waals surface area contributed by atoms with E-state index in [-0.39, 0.29) is 5.41 Å². The number of allylic oxidation sites excluding steroid dienone is 2. The van der Waals surface area contributed by atoms with E-state index in [2.05, 4.69) is 45.7 Å². The van der Waals surface area contributed by atoms with Crippen LogP contribution in [-0.2, 0) is 12.0 Å². The smallest absolute Gasteiger partial charge is 0.109 e. The minimum atomic E-state index is 0.240. The third-order valence-electron chi connectivity index (χ3n) is 6.36. The van der Waals surface area contributed by atoms with Crippen molar-refractivity contribution >= 4 is 11.6 Å². The van der Waals surface area contributed by atoms with Gasteiger partial charge in [-0.3, -0.25) is 4.98 Å². The fraction of sp³-hybridized carbons (Fsp3) is 0.480. The lowest BCUT2D eigenvalue weighted by molar-refractivity contribution is 0.412. The van der Waals surface area contributed by atoms with E-state index in [1.165, 1.54) is 36.9 Å². The fourth-order valence-electron chi connectivity index (χ4n) is 4.47. The Balaban J connectivity index is 1.88. The third-order valence-corrected chi connectivity index (χ3v) is 6.68. The van der Waals surface area contributed by atoms with Crippen molar-refractivity contribution in [1.29, 1.82) is 0 Å². The Morgan fingerprint density at radius 3 is 2.66 bits per heavy atom. The second-order valence-corrected chi connectivity index (χ2v) is 8.86. The predicted octanol–water partition coefficient (Wildman–Crippen LogP) is 6.93. The Bertz CT molecular complexity index is 901. The zero-order valence-electron chi connectivity index (χ0n) is 18.1. The van der Waals surface area contributed by atoms with E-state index in [0.717, 1.165) is 41.8 Å². The Labute approximate surface area is 180 Å². The molecular weight excluding hydrogens is 378 g/mol. The van der Waals surface area contributed by atoms with Gasteiger partial charge in [-0.05, 0) is 68.0 Å². The molecule has 1 aliphatic carbocycles. The van der Waals surface area contributed by atoms with Gasteiger partial charge >= 0.3 is 0 Å². The first-order chi connectivity index (χ1) is 13.9. The van der Waals surface area contributed by atoms with Gasteiger partial charge in [0, 0.05) is 35.1 Å². The van der Waals surface area contributed by atoms with Crippen LogP contribution in [0.2, 0.25) is 5.15 Å². The van der Waals surface area contributed by atoms with Crippen LogP contribution >= 0.6 is 11.6 Å². The quantitative estimate of drug-likeness (QED) is 0.478. The van der Waals surface area contributed by atoms with Crippen molar-refractivity contribution in [2.24, 2.45) is 5.73 Å². The van der Waals surface area contributed by atoms with Crippen LogP contribution in [-0.4, -0.2) is 9.55 Å². The standard InChI is InChI=1S/C25H34ClN3/c1-5-9-19(4)21(27)10-13-29-17-20(16-24(29)26)22-14-18(3)15-23(28-22)25(6-2)11-7-8-12-25/h10,14-17H,4-9,11-13,27H2,1-3H3/b21-10-. The summed E-state index contributed by atoms with van der Waals surface area (Å²) in [7, 11) is 0. The Morgan fingerprint density at radius 1 is 1.28 bits per heavy atom. The van der Waals surface area contributed by atoms with E-state index >= 15 is 0 Å². The van der Waals surface area contributed by atoms with Gasteiger partial charge in [-0.25, -0.2) is 0 Å². The molecule has 3 rings (SSSR count). The molecule has 4 heteroatoms. The molecule has 1 saturated carbocycles. The zero-order chi connectivity index (χ0) is 21.0. The number of hydrogen-bond acceptors (Lipinski definition) is 2. The van der Waals surface area contributed by atoms with E-state index in [4.69, 9.17) is 22.3 Å². The maximum Gasteiger partial charge on any atom is 0.109 e. The van der Waals surface area contributed by atoms with Gasteiger partial charge in [0.05, 0.1) is 5.69 Å². The lowest BCUT2D eigenvalue weighted by atomic mass is 9.79. The normalized spacial score (nSPS) is 16.3. The molecule has 3 nitrogen and oxygen atoms in total. The van der Waals surface area contributed by atoms with Gasteiger partial charge in [0.25, 0.3) is 0 Å². The molecule has 1 aliphatic rings. The van der Waals surface area contributed by atoms with E-state index in [1.807, 2.05) is 16.7 Å². The Morgan fingerprint density at radius 2 is 2.00 bits per heavy atom. The second kappa shape index (κ2) is 9.21. The molecule has 2 aromatic heterocycles. The number of halogens is 1. The molecule has 0 atom stereocenters. The number of rotatable bonds is 8. The molecule has 1 fully saturated rings. The largest absolute Gasteiger partial charge is 0.399 e. The van der Waals surface area contributed by atoms with E-state index in [9.17, 15) is 0 Å². The predicted molar refractivity (Wildman–Crippen MR) is 124 cm³/mol. The highest BCUT2D eigenvalue weighted by Gasteiger charge is 2.35. The van der Waals surface area contributed by atoms with E-state index in [1.54, 1.807) is 0 Å². The number of nitrogens with two attached hydrogens (primary N) is 1. The number of aromatic nitrogens is 2. The molecule has 0 spiro atoms. The molecule has 0 unspecified atom stereocenters. The van der Waals surface area contributed by atoms with Crippen molar-refractivity contribution in [1.82, 2.24) is 9.55 Å². The Hall–Kier alpha value is -2.00. The lowest BCUT2D eigenvalue weighted by Crippen LogP contribution is -2.22. The van der Waals surface area contributed by atoms with Crippen LogP contribution in [0.1, 0.15) is 70.1 Å². The summed E-state index contributed by atoms with van der Waals surface area (Å²) in [5.74, 6) is 0. The van der Waals surface area contributed by atoms with Gasteiger partial charge < -0.3 is 10.3 Å². The van der Waals surface area contributed by atoms with Gasteiger partial charge in [-0.15, -0.1) is 0 Å². The van der Waals surface area contributed by atoms with Crippen molar-refractivity contribution < 1.29 is 0 Å². The summed E-state index contributed by atoms with van der Waals surface area (Å²) in [6, 6.07) is 6.44. The average Bonchev–Trinajstić information content (AvgIpc) is 3.33. The molecule has 0 bridgehead atoms. The minimum Gasteiger partial charge on any atom is -0.399 e. The Kier molecular flexibility index (Phi) is 6.89. The first-order valence-corrected chi connectivity index (χ1v) is 11.3. The zero-order valence-corrected chi connectivity index (χ0v) is 18.9. The highest BCUT2D eigenvalue weighted by molar-refractivity contribution is 6.30. The van der Waals surface area contributed by atoms with Crippen molar-refractivity contribution in [2.75, 3.05) is 0 Å². The molecule has 156 valence electrons. The molecule has 29 heavy (non-hydrogen) atoms. The van der Waals surface area contributed by atoms with Crippen LogP contribution in [0.5, 0.6) is 0 Å². The highest BCUT2D eigenvalue weighted by Crippen LogP contribution is 2.43. The topological polar surface area (TPSA) is 43.8 Å². The molecule has 0 amide bonds. The summed E-state index contributed by atoms with van der Waals surface area (Å²) >= 11 is 6.52. The van der Waals surface area contributed by atoms with Crippen molar-refractivity contribution in [3.8, 4) is 11.3 Å². The molecule has 0 aromatic carbocycles. The summed E-state index contributed by atoms with van der Waals surface area (Å²) in [6.45, 7) is 11.3. The first kappa shape index (κ1) is 21.7. The number of pyridine rings is 1. The number of aryl methyl sites for hydroxylation is 1. The second-order valence-electron chi connectivity index (χ2n) is 8.47. The molecular formula is C25H34ClN3. The lowest BCUT2D eigenvalue weighted by Gasteiger charge is -2.27. The van der Waals surface area contributed by atoms with Crippen molar-refractivity contribution in [2.45, 2.75) is 77.7 Å². The van der Waals surface area contributed by atoms with Crippen molar-refractivity contribution in [3.05, 3.63) is 64.7 Å². The summed E-state index contributed by atoms with van der Waals surface area (Å²) < 4.78 is 2.01. The first-order valence-electron chi connectivity index (χ1n) is 10.9. The summed E-state index contributed by atoms with van der Waals surface area (Å²) in [4.78, 5) is 5.10. The highest BCUT2D eigenvalue weighted by atomic mass is 35.5. The molecule has 0 aliphatic heterocycles. The van der Waals surface area contributed by atoms with Gasteiger partial charge in [0.2, 0.25) is 0 Å². The average molecular weight is 412 g/mol. The monoisotopic (exact) mass is 411 g/mol. The van der Waals surface area contributed by atoms with Crippen molar-refractivity contribution in [3.63, 3.8) is 0 Å². The van der Waals surface area contributed by atoms with Crippen LogP contribution in [0.3, 0.4) is 0 Å². The molecule has 2 N–H and O–H groups in total. The minimum absolute atomic E-state index is 0.240. The fourth-order valence-corrected chi connectivity index (χ4v) is 4.71. The molecule has 0 radical (unpaired) electrons. The SMILES string of the molecule is C=C(CCC)/C(N)=C/Cn1cc(-c2cc(C)cc(C3(CC)CCCC3)n2)cc1Cl. The van der Waals surface area contributed by atoms with E-state index < -0.39 is 0 Å². The summed E-state index contributed by atoms with van der Waals surface area (Å²) in [5, 5.41) is 0.695.